The van der Waals surface area contributed by atoms with Crippen molar-refractivity contribution in [3.8, 4) is 5.75 Å². The fourth-order valence-electron chi connectivity index (χ4n) is 3.19. The highest BCUT2D eigenvalue weighted by Crippen LogP contribution is 2.39. The second kappa shape index (κ2) is 6.03. The Hall–Kier alpha value is -1.97. The van der Waals surface area contributed by atoms with Gasteiger partial charge in [-0.2, -0.15) is 0 Å². The Kier molecular flexibility index (Phi) is 4.50. The number of rotatable bonds is 4. The third-order valence-electron chi connectivity index (χ3n) is 4.65. The number of benzene rings is 1. The molecular weight excluding hydrogens is 278 g/mol. The maximum atomic E-state index is 12.3. The molecule has 0 aliphatic heterocycles. The molecule has 1 heterocycles. The highest BCUT2D eigenvalue weighted by atomic mass is 16.5. The van der Waals surface area contributed by atoms with E-state index in [0.717, 1.165) is 52.7 Å². The van der Waals surface area contributed by atoms with Crippen molar-refractivity contribution >= 4 is 16.9 Å². The van der Waals surface area contributed by atoms with Crippen LogP contribution >= 0.6 is 0 Å². The zero-order valence-corrected chi connectivity index (χ0v) is 14.3. The number of carbonyl (C=O) groups is 1. The van der Waals surface area contributed by atoms with Gasteiger partial charge in [0.15, 0.2) is 0 Å². The molecule has 0 amide bonds. The minimum Gasteiger partial charge on any atom is -0.507 e. The number of hydrogen-bond donors (Lipinski definition) is 1. The monoisotopic (exact) mass is 303 g/mol. The Balaban J connectivity index is 2.96. The molecule has 0 saturated carbocycles. The van der Waals surface area contributed by atoms with Gasteiger partial charge in [-0.3, -0.25) is 0 Å². The molecule has 4 heteroatoms. The average Bonchev–Trinajstić information content (AvgIpc) is 2.80. The number of fused-ring (bicyclic) bond motifs is 1. The maximum absolute atomic E-state index is 12.3. The number of aromatic hydroxyl groups is 1. The number of esters is 1. The van der Waals surface area contributed by atoms with Crippen LogP contribution in [0.5, 0.6) is 5.75 Å². The Morgan fingerprint density at radius 3 is 2.32 bits per heavy atom. The number of carbonyl (C=O) groups excluding carboxylic acids is 1. The van der Waals surface area contributed by atoms with Crippen molar-refractivity contribution < 1.29 is 14.6 Å². The third-order valence-corrected chi connectivity index (χ3v) is 4.65. The Labute approximate surface area is 131 Å². The molecule has 0 bridgehead atoms. The summed E-state index contributed by atoms with van der Waals surface area (Å²) in [5, 5.41) is 11.2. The summed E-state index contributed by atoms with van der Waals surface area (Å²) in [6.07, 6.45) is 2.13. The lowest BCUT2D eigenvalue weighted by molar-refractivity contribution is 0.0602. The summed E-state index contributed by atoms with van der Waals surface area (Å²) in [4.78, 5) is 12.3. The fourth-order valence-corrected chi connectivity index (χ4v) is 3.19. The molecule has 4 nitrogen and oxygen atoms in total. The van der Waals surface area contributed by atoms with Crippen molar-refractivity contribution in [2.75, 3.05) is 7.11 Å². The molecule has 22 heavy (non-hydrogen) atoms. The Morgan fingerprint density at radius 1 is 1.14 bits per heavy atom. The van der Waals surface area contributed by atoms with Gasteiger partial charge in [-0.25, -0.2) is 4.79 Å². The first-order chi connectivity index (χ1) is 10.4. The summed E-state index contributed by atoms with van der Waals surface area (Å²) < 4.78 is 7.17. The highest BCUT2D eigenvalue weighted by Gasteiger charge is 2.25. The quantitative estimate of drug-likeness (QED) is 0.863. The number of aryl methyl sites for hydroxylation is 3. The molecule has 0 unspecified atom stereocenters. The molecule has 0 fully saturated rings. The predicted molar refractivity (Wildman–Crippen MR) is 88.8 cm³/mol. The van der Waals surface area contributed by atoms with Gasteiger partial charge in [0.2, 0.25) is 0 Å². The molecule has 2 rings (SSSR count). The second-order valence-corrected chi connectivity index (χ2v) is 5.90. The number of methoxy groups -OCH3 is 1. The summed E-state index contributed by atoms with van der Waals surface area (Å²) in [6, 6.07) is 0. The van der Waals surface area contributed by atoms with Gasteiger partial charge in [-0.1, -0.05) is 13.3 Å². The van der Waals surface area contributed by atoms with Crippen molar-refractivity contribution in [1.29, 1.82) is 0 Å². The largest absolute Gasteiger partial charge is 0.507 e. The minimum atomic E-state index is -0.344. The first kappa shape index (κ1) is 16.4. The number of ether oxygens (including phenoxy) is 1. The maximum Gasteiger partial charge on any atom is 0.340 e. The number of unbranched alkanes of at least 4 members (excludes halogenated alkanes) is 1. The molecule has 0 spiro atoms. The molecule has 0 saturated heterocycles. The number of nitrogens with zero attached hydrogens (tertiary/aromatic N) is 1. The number of aromatic nitrogens is 1. The minimum absolute atomic E-state index is 0.266. The van der Waals surface area contributed by atoms with Crippen LogP contribution in [-0.4, -0.2) is 22.8 Å². The Bertz CT molecular complexity index is 741. The lowest BCUT2D eigenvalue weighted by Crippen LogP contribution is -2.05. The van der Waals surface area contributed by atoms with Crippen molar-refractivity contribution in [2.24, 2.45) is 0 Å². The summed E-state index contributed by atoms with van der Waals surface area (Å²) in [5.41, 5.74) is 5.16. The molecule has 2 aromatic rings. The summed E-state index contributed by atoms with van der Waals surface area (Å²) in [6.45, 7) is 10.7. The van der Waals surface area contributed by atoms with Crippen LogP contribution in [0.4, 0.5) is 0 Å². The molecule has 1 aromatic heterocycles. The van der Waals surface area contributed by atoms with Crippen LogP contribution < -0.4 is 0 Å². The molecular formula is C18H25NO3. The van der Waals surface area contributed by atoms with E-state index in [0.29, 0.717) is 5.56 Å². The molecule has 0 aliphatic carbocycles. The van der Waals surface area contributed by atoms with Crippen LogP contribution in [0.3, 0.4) is 0 Å². The highest BCUT2D eigenvalue weighted by molar-refractivity contribution is 6.09. The second-order valence-electron chi connectivity index (χ2n) is 5.90. The smallest absolute Gasteiger partial charge is 0.340 e. The topological polar surface area (TPSA) is 51.5 Å². The van der Waals surface area contributed by atoms with E-state index in [-0.39, 0.29) is 11.7 Å². The van der Waals surface area contributed by atoms with Crippen LogP contribution in [0.2, 0.25) is 0 Å². The van der Waals surface area contributed by atoms with Crippen molar-refractivity contribution in [2.45, 2.75) is 54.0 Å². The van der Waals surface area contributed by atoms with Crippen LogP contribution in [-0.2, 0) is 11.3 Å². The van der Waals surface area contributed by atoms with E-state index in [1.54, 1.807) is 0 Å². The first-order valence-corrected chi connectivity index (χ1v) is 7.76. The zero-order chi connectivity index (χ0) is 16.6. The van der Waals surface area contributed by atoms with Crippen molar-refractivity contribution in [1.82, 2.24) is 4.57 Å². The normalized spacial score (nSPS) is 11.2. The molecule has 0 aliphatic rings. The van der Waals surface area contributed by atoms with Crippen LogP contribution in [0, 0.1) is 27.7 Å². The van der Waals surface area contributed by atoms with Crippen molar-refractivity contribution in [3.63, 3.8) is 0 Å². The van der Waals surface area contributed by atoms with Gasteiger partial charge in [0.1, 0.15) is 5.75 Å². The lowest BCUT2D eigenvalue weighted by Gasteiger charge is -2.13. The van der Waals surface area contributed by atoms with Gasteiger partial charge in [0.25, 0.3) is 0 Å². The van der Waals surface area contributed by atoms with Crippen LogP contribution in [0.25, 0.3) is 10.9 Å². The van der Waals surface area contributed by atoms with E-state index in [9.17, 15) is 9.90 Å². The van der Waals surface area contributed by atoms with Gasteiger partial charge >= 0.3 is 5.97 Å². The summed E-state index contributed by atoms with van der Waals surface area (Å²) in [7, 11) is 1.40. The SMILES string of the molecule is CCCCn1c(C)c(C(=O)OC)c2c(C)c(O)c(C)c(C)c21. The van der Waals surface area contributed by atoms with E-state index in [4.69, 9.17) is 4.74 Å². The van der Waals surface area contributed by atoms with Crippen LogP contribution in [0.1, 0.15) is 52.5 Å². The van der Waals surface area contributed by atoms with Gasteiger partial charge in [-0.05, 0) is 45.2 Å². The molecule has 0 atom stereocenters. The van der Waals surface area contributed by atoms with E-state index < -0.39 is 0 Å². The third kappa shape index (κ3) is 2.27. The number of phenolic OH excluding ortho intramolecular Hbond substituents is 1. The molecule has 0 radical (unpaired) electrons. The lowest BCUT2D eigenvalue weighted by atomic mass is 9.97. The molecule has 120 valence electrons. The van der Waals surface area contributed by atoms with E-state index in [2.05, 4.69) is 11.5 Å². The van der Waals surface area contributed by atoms with Gasteiger partial charge in [0, 0.05) is 23.2 Å². The van der Waals surface area contributed by atoms with Crippen LogP contribution in [0.15, 0.2) is 0 Å². The number of phenols is 1. The van der Waals surface area contributed by atoms with Gasteiger partial charge in [-0.15, -0.1) is 0 Å². The zero-order valence-electron chi connectivity index (χ0n) is 14.3. The van der Waals surface area contributed by atoms with E-state index >= 15 is 0 Å². The predicted octanol–water partition coefficient (Wildman–Crippen LogP) is 4.17. The average molecular weight is 303 g/mol. The van der Waals surface area contributed by atoms with E-state index in [1.165, 1.54) is 7.11 Å². The Morgan fingerprint density at radius 2 is 1.77 bits per heavy atom. The molecule has 1 N–H and O–H groups in total. The van der Waals surface area contributed by atoms with Gasteiger partial charge in [0.05, 0.1) is 18.2 Å². The van der Waals surface area contributed by atoms with E-state index in [1.807, 2.05) is 27.7 Å². The summed E-state index contributed by atoms with van der Waals surface area (Å²) in [5.74, 6) is -0.0775. The van der Waals surface area contributed by atoms with Gasteiger partial charge < -0.3 is 14.4 Å². The van der Waals surface area contributed by atoms with Crippen molar-refractivity contribution in [3.05, 3.63) is 27.9 Å². The standard InChI is InChI=1S/C18H25NO3/c1-7-8-9-19-13(5)15(18(21)22-6)14-12(4)17(20)11(3)10(2)16(14)19/h20H,7-9H2,1-6H3. The molecule has 1 aromatic carbocycles. The summed E-state index contributed by atoms with van der Waals surface area (Å²) >= 11 is 0. The fraction of sp³-hybridized carbons (Fsp3) is 0.500. The number of hydrogen-bond acceptors (Lipinski definition) is 3. The first-order valence-electron chi connectivity index (χ1n) is 7.76.